The summed E-state index contributed by atoms with van der Waals surface area (Å²) >= 11 is 0. The second-order valence-corrected chi connectivity index (χ2v) is 4.99. The third-order valence-electron chi connectivity index (χ3n) is 2.75. The van der Waals surface area contributed by atoms with E-state index in [1.54, 1.807) is 12.1 Å². The summed E-state index contributed by atoms with van der Waals surface area (Å²) in [5.41, 5.74) is 6.96. The maximum Gasteiger partial charge on any atom is 0.116 e. The van der Waals surface area contributed by atoms with Crippen LogP contribution in [-0.2, 0) is 6.54 Å². The molecule has 0 fully saturated rings. The lowest BCUT2D eigenvalue weighted by atomic mass is 10.0. The summed E-state index contributed by atoms with van der Waals surface area (Å²) in [7, 11) is 0. The minimum Gasteiger partial charge on any atom is -0.508 e. The van der Waals surface area contributed by atoms with E-state index in [0.717, 1.165) is 23.9 Å². The van der Waals surface area contributed by atoms with Gasteiger partial charge in [0, 0.05) is 29.2 Å². The summed E-state index contributed by atoms with van der Waals surface area (Å²) in [4.78, 5) is 0. The Bertz CT molecular complexity index is 494. The van der Waals surface area contributed by atoms with Crippen LogP contribution in [0.5, 0.6) is 5.75 Å². The molecule has 2 aromatic rings. The van der Waals surface area contributed by atoms with Gasteiger partial charge in [-0.3, -0.25) is 0 Å². The minimum atomic E-state index is -0.145. The summed E-state index contributed by atoms with van der Waals surface area (Å²) in [6, 6.07) is 7.44. The summed E-state index contributed by atoms with van der Waals surface area (Å²) in [6.45, 7) is 4.97. The molecule has 0 radical (unpaired) electrons. The van der Waals surface area contributed by atoms with E-state index in [1.807, 2.05) is 32.2 Å². The van der Waals surface area contributed by atoms with Crippen molar-refractivity contribution in [1.82, 2.24) is 4.57 Å². The molecule has 3 heteroatoms. The number of nitrogens with two attached hydrogens (primary N) is 1. The van der Waals surface area contributed by atoms with Gasteiger partial charge in [-0.2, -0.15) is 0 Å². The minimum absolute atomic E-state index is 0.145. The largest absolute Gasteiger partial charge is 0.508 e. The van der Waals surface area contributed by atoms with Crippen LogP contribution in [0.25, 0.3) is 10.9 Å². The lowest BCUT2D eigenvalue weighted by molar-refractivity contribution is 0.441. The normalized spacial score (nSPS) is 12.2. The summed E-state index contributed by atoms with van der Waals surface area (Å²) in [6.07, 6.45) is 2.97. The molecule has 0 aliphatic carbocycles. The maximum absolute atomic E-state index is 9.37. The molecule has 3 nitrogen and oxygen atoms in total. The number of hydrogen-bond acceptors (Lipinski definition) is 2. The molecule has 0 aliphatic heterocycles. The van der Waals surface area contributed by atoms with E-state index in [1.165, 1.54) is 0 Å². The quantitative estimate of drug-likeness (QED) is 0.831. The average Bonchev–Trinajstić information content (AvgIpc) is 2.56. The summed E-state index contributed by atoms with van der Waals surface area (Å²) in [5, 5.41) is 10.4. The van der Waals surface area contributed by atoms with E-state index < -0.39 is 0 Å². The molecule has 1 aromatic carbocycles. The molecule has 1 aromatic heterocycles. The van der Waals surface area contributed by atoms with Crippen LogP contribution in [0.4, 0.5) is 0 Å². The highest BCUT2D eigenvalue weighted by atomic mass is 16.3. The van der Waals surface area contributed by atoms with Crippen molar-refractivity contribution in [3.8, 4) is 5.75 Å². The van der Waals surface area contributed by atoms with E-state index in [-0.39, 0.29) is 5.54 Å². The fourth-order valence-corrected chi connectivity index (χ4v) is 1.79. The Balaban J connectivity index is 2.25. The molecule has 1 heterocycles. The van der Waals surface area contributed by atoms with Crippen molar-refractivity contribution in [3.05, 3.63) is 30.5 Å². The van der Waals surface area contributed by atoms with Crippen molar-refractivity contribution in [3.63, 3.8) is 0 Å². The lowest BCUT2D eigenvalue weighted by Gasteiger charge is -2.18. The number of hydrogen-bond donors (Lipinski definition) is 2. The van der Waals surface area contributed by atoms with Crippen LogP contribution in [0.1, 0.15) is 20.3 Å². The van der Waals surface area contributed by atoms with Crippen LogP contribution >= 0.6 is 0 Å². The number of aryl methyl sites for hydroxylation is 1. The lowest BCUT2D eigenvalue weighted by Crippen LogP contribution is -2.33. The summed E-state index contributed by atoms with van der Waals surface area (Å²) < 4.78 is 2.17. The Morgan fingerprint density at radius 3 is 2.75 bits per heavy atom. The molecule has 0 atom stereocenters. The van der Waals surface area contributed by atoms with Gasteiger partial charge in [-0.25, -0.2) is 0 Å². The molecule has 0 amide bonds. The number of aromatic hydroxyl groups is 1. The first-order chi connectivity index (χ1) is 7.46. The fourth-order valence-electron chi connectivity index (χ4n) is 1.79. The van der Waals surface area contributed by atoms with Gasteiger partial charge < -0.3 is 15.4 Å². The first-order valence-electron chi connectivity index (χ1n) is 5.52. The van der Waals surface area contributed by atoms with Crippen molar-refractivity contribution in [2.45, 2.75) is 32.4 Å². The highest BCUT2D eigenvalue weighted by molar-refractivity contribution is 5.81. The maximum atomic E-state index is 9.37. The summed E-state index contributed by atoms with van der Waals surface area (Å²) in [5.74, 6) is 0.310. The monoisotopic (exact) mass is 218 g/mol. The molecule has 16 heavy (non-hydrogen) atoms. The molecule has 2 rings (SSSR count). The molecule has 0 aliphatic rings. The van der Waals surface area contributed by atoms with Crippen LogP contribution in [-0.4, -0.2) is 15.2 Å². The number of aromatic nitrogens is 1. The molecular weight excluding hydrogens is 200 g/mol. The zero-order valence-electron chi connectivity index (χ0n) is 9.77. The second kappa shape index (κ2) is 3.83. The van der Waals surface area contributed by atoms with E-state index >= 15 is 0 Å². The molecular formula is C13H18N2O. The molecule has 0 unspecified atom stereocenters. The van der Waals surface area contributed by atoms with Gasteiger partial charge in [-0.1, -0.05) is 0 Å². The number of benzene rings is 1. The van der Waals surface area contributed by atoms with Crippen molar-refractivity contribution in [2.75, 3.05) is 0 Å². The first kappa shape index (κ1) is 11.0. The van der Waals surface area contributed by atoms with Gasteiger partial charge in [0.1, 0.15) is 5.75 Å². The second-order valence-electron chi connectivity index (χ2n) is 4.99. The van der Waals surface area contributed by atoms with E-state index in [0.29, 0.717) is 5.75 Å². The Labute approximate surface area is 95.5 Å². The van der Waals surface area contributed by atoms with Crippen LogP contribution in [0.15, 0.2) is 30.5 Å². The Morgan fingerprint density at radius 1 is 1.31 bits per heavy atom. The van der Waals surface area contributed by atoms with Crippen LogP contribution in [0.3, 0.4) is 0 Å². The smallest absolute Gasteiger partial charge is 0.116 e. The van der Waals surface area contributed by atoms with Gasteiger partial charge in [0.2, 0.25) is 0 Å². The average molecular weight is 218 g/mol. The van der Waals surface area contributed by atoms with Crippen molar-refractivity contribution in [1.29, 1.82) is 0 Å². The Morgan fingerprint density at radius 2 is 2.06 bits per heavy atom. The standard InChI is InChI=1S/C13H18N2O/c1-13(2,14)6-8-15-7-5-10-9-11(16)3-4-12(10)15/h3-5,7,9,16H,6,8,14H2,1-2H3. The number of nitrogens with zero attached hydrogens (tertiary/aromatic N) is 1. The highest BCUT2D eigenvalue weighted by Gasteiger charge is 2.11. The van der Waals surface area contributed by atoms with Crippen molar-refractivity contribution >= 4 is 10.9 Å². The van der Waals surface area contributed by atoms with E-state index in [2.05, 4.69) is 4.57 Å². The van der Waals surface area contributed by atoms with Crippen molar-refractivity contribution < 1.29 is 5.11 Å². The van der Waals surface area contributed by atoms with Gasteiger partial charge in [0.05, 0.1) is 0 Å². The predicted molar refractivity (Wildman–Crippen MR) is 66.5 cm³/mol. The van der Waals surface area contributed by atoms with Crippen LogP contribution in [0.2, 0.25) is 0 Å². The third kappa shape index (κ3) is 2.36. The van der Waals surface area contributed by atoms with Gasteiger partial charge in [0.15, 0.2) is 0 Å². The first-order valence-corrected chi connectivity index (χ1v) is 5.52. The van der Waals surface area contributed by atoms with Gasteiger partial charge in [0.25, 0.3) is 0 Å². The van der Waals surface area contributed by atoms with Gasteiger partial charge >= 0.3 is 0 Å². The molecule has 0 spiro atoms. The molecule has 0 saturated carbocycles. The zero-order valence-corrected chi connectivity index (χ0v) is 9.77. The highest BCUT2D eigenvalue weighted by Crippen LogP contribution is 2.21. The van der Waals surface area contributed by atoms with Crippen molar-refractivity contribution in [2.24, 2.45) is 5.73 Å². The number of fused-ring (bicyclic) bond motifs is 1. The zero-order chi connectivity index (χ0) is 11.8. The predicted octanol–water partition coefficient (Wildman–Crippen LogP) is 2.47. The molecule has 3 N–H and O–H groups in total. The number of rotatable bonds is 3. The fraction of sp³-hybridized carbons (Fsp3) is 0.385. The Hall–Kier alpha value is -1.48. The molecule has 0 saturated heterocycles. The third-order valence-corrected chi connectivity index (χ3v) is 2.75. The number of phenols is 1. The van der Waals surface area contributed by atoms with Crippen LogP contribution < -0.4 is 5.73 Å². The Kier molecular flexibility index (Phi) is 2.64. The van der Waals surface area contributed by atoms with Crippen LogP contribution in [0, 0.1) is 0 Å². The van der Waals surface area contributed by atoms with Gasteiger partial charge in [-0.05, 0) is 44.5 Å². The SMILES string of the molecule is CC(C)(N)CCn1ccc2cc(O)ccc21. The van der Waals surface area contributed by atoms with E-state index in [4.69, 9.17) is 5.73 Å². The van der Waals surface area contributed by atoms with E-state index in [9.17, 15) is 5.11 Å². The van der Waals surface area contributed by atoms with Gasteiger partial charge in [-0.15, -0.1) is 0 Å². The topological polar surface area (TPSA) is 51.2 Å². The molecule has 86 valence electrons. The number of phenolic OH excluding ortho intramolecular Hbond substituents is 1. The molecule has 0 bridgehead atoms.